The summed E-state index contributed by atoms with van der Waals surface area (Å²) in [5.41, 5.74) is 3.25. The van der Waals surface area contributed by atoms with Gasteiger partial charge in [0.25, 0.3) is 5.91 Å². The van der Waals surface area contributed by atoms with Crippen molar-refractivity contribution in [3.05, 3.63) is 72.2 Å². The van der Waals surface area contributed by atoms with Crippen LogP contribution in [0.3, 0.4) is 0 Å². The molecular weight excluding hydrogens is 362 g/mol. The van der Waals surface area contributed by atoms with Gasteiger partial charge in [0.2, 0.25) is 0 Å². The number of hydrogen-bond acceptors (Lipinski definition) is 4. The lowest BCUT2D eigenvalue weighted by atomic mass is 10.1. The van der Waals surface area contributed by atoms with Crippen LogP contribution in [0.1, 0.15) is 31.2 Å². The van der Waals surface area contributed by atoms with Crippen LogP contribution in [0.4, 0.5) is 0 Å². The first kappa shape index (κ1) is 18.6. The Hall–Kier alpha value is -3.72. The summed E-state index contributed by atoms with van der Waals surface area (Å²) in [5, 5.41) is 17.3. The molecule has 0 atom stereocenters. The Kier molecular flexibility index (Phi) is 5.48. The van der Waals surface area contributed by atoms with Crippen molar-refractivity contribution < 1.29 is 4.79 Å². The summed E-state index contributed by atoms with van der Waals surface area (Å²) < 4.78 is 1.76. The zero-order valence-corrected chi connectivity index (χ0v) is 16.0. The highest BCUT2D eigenvalue weighted by molar-refractivity contribution is 6.02. The third-order valence-electron chi connectivity index (χ3n) is 5.07. The van der Waals surface area contributed by atoms with Crippen molar-refractivity contribution in [2.75, 3.05) is 0 Å². The van der Waals surface area contributed by atoms with Crippen LogP contribution in [-0.2, 0) is 4.79 Å². The molecule has 0 spiro atoms. The third-order valence-corrected chi connectivity index (χ3v) is 5.07. The van der Waals surface area contributed by atoms with Crippen LogP contribution in [0.15, 0.2) is 66.6 Å². The Balaban J connectivity index is 1.72. The number of benzene rings is 1. The summed E-state index contributed by atoms with van der Waals surface area (Å²) in [6, 6.07) is 15.7. The molecule has 29 heavy (non-hydrogen) atoms. The van der Waals surface area contributed by atoms with Gasteiger partial charge in [0.15, 0.2) is 0 Å². The van der Waals surface area contributed by atoms with E-state index in [1.165, 1.54) is 0 Å². The minimum Gasteiger partial charge on any atom is -0.349 e. The molecule has 1 aromatic carbocycles. The SMILES string of the molecule is N#C/C(=C\c1cn(-c2ccccc2)nc1-c1ccncc1)C(=O)NC1CCCC1. The topological polar surface area (TPSA) is 83.6 Å². The molecule has 0 radical (unpaired) electrons. The summed E-state index contributed by atoms with van der Waals surface area (Å²) in [6.07, 6.45) is 11.0. The highest BCUT2D eigenvalue weighted by atomic mass is 16.1. The first-order valence-electron chi connectivity index (χ1n) is 9.73. The van der Waals surface area contributed by atoms with Crippen LogP contribution >= 0.6 is 0 Å². The van der Waals surface area contributed by atoms with Crippen molar-refractivity contribution >= 4 is 12.0 Å². The largest absolute Gasteiger partial charge is 0.349 e. The second-order valence-electron chi connectivity index (χ2n) is 7.07. The smallest absolute Gasteiger partial charge is 0.262 e. The minimum absolute atomic E-state index is 0.0832. The molecule has 1 N–H and O–H groups in total. The molecule has 6 nitrogen and oxygen atoms in total. The molecule has 2 heterocycles. The van der Waals surface area contributed by atoms with E-state index in [4.69, 9.17) is 5.10 Å². The summed E-state index contributed by atoms with van der Waals surface area (Å²) in [4.78, 5) is 16.7. The molecule has 6 heteroatoms. The zero-order valence-electron chi connectivity index (χ0n) is 16.0. The fourth-order valence-electron chi connectivity index (χ4n) is 3.58. The van der Waals surface area contributed by atoms with E-state index in [9.17, 15) is 10.1 Å². The van der Waals surface area contributed by atoms with E-state index in [1.54, 1.807) is 23.2 Å². The van der Waals surface area contributed by atoms with Crippen molar-refractivity contribution in [2.45, 2.75) is 31.7 Å². The second-order valence-corrected chi connectivity index (χ2v) is 7.07. The fourth-order valence-corrected chi connectivity index (χ4v) is 3.58. The Bertz CT molecular complexity index is 1060. The van der Waals surface area contributed by atoms with E-state index in [0.29, 0.717) is 11.3 Å². The van der Waals surface area contributed by atoms with Crippen LogP contribution < -0.4 is 5.32 Å². The molecule has 1 fully saturated rings. The van der Waals surface area contributed by atoms with Gasteiger partial charge in [-0.25, -0.2) is 4.68 Å². The molecule has 4 rings (SSSR count). The first-order valence-corrected chi connectivity index (χ1v) is 9.73. The highest BCUT2D eigenvalue weighted by Gasteiger charge is 2.20. The van der Waals surface area contributed by atoms with Gasteiger partial charge >= 0.3 is 0 Å². The van der Waals surface area contributed by atoms with E-state index < -0.39 is 0 Å². The van der Waals surface area contributed by atoms with Crippen LogP contribution in [0.2, 0.25) is 0 Å². The van der Waals surface area contributed by atoms with Crippen molar-refractivity contribution in [1.82, 2.24) is 20.1 Å². The Morgan fingerprint density at radius 2 is 1.86 bits per heavy atom. The standard InChI is InChI=1S/C23H21N5O/c24-15-18(23(29)26-20-6-4-5-7-20)14-19-16-28(21-8-2-1-3-9-21)27-22(19)17-10-12-25-13-11-17/h1-3,8-14,16,20H,4-7H2,(H,26,29)/b18-14+. The van der Waals surface area contributed by atoms with Crippen molar-refractivity contribution in [3.63, 3.8) is 0 Å². The number of hydrogen-bond donors (Lipinski definition) is 1. The van der Waals surface area contributed by atoms with Gasteiger partial charge in [-0.15, -0.1) is 0 Å². The number of amides is 1. The van der Waals surface area contributed by atoms with Crippen molar-refractivity contribution in [3.8, 4) is 23.0 Å². The normalized spacial score (nSPS) is 14.5. The van der Waals surface area contributed by atoms with Gasteiger partial charge in [0.1, 0.15) is 17.3 Å². The molecular formula is C23H21N5O. The third kappa shape index (κ3) is 4.25. The number of para-hydroxylation sites is 1. The van der Waals surface area contributed by atoms with Crippen molar-refractivity contribution in [2.24, 2.45) is 0 Å². The van der Waals surface area contributed by atoms with Gasteiger partial charge in [-0.05, 0) is 43.2 Å². The Morgan fingerprint density at radius 1 is 1.14 bits per heavy atom. The number of carbonyl (C=O) groups is 1. The quantitative estimate of drug-likeness (QED) is 0.535. The molecule has 144 valence electrons. The minimum atomic E-state index is -0.326. The van der Waals surface area contributed by atoms with E-state index in [1.807, 2.05) is 48.7 Å². The van der Waals surface area contributed by atoms with Gasteiger partial charge in [0, 0.05) is 35.8 Å². The number of rotatable bonds is 5. The van der Waals surface area contributed by atoms with Gasteiger partial charge in [-0.3, -0.25) is 9.78 Å². The average Bonchev–Trinajstić information content (AvgIpc) is 3.43. The maximum atomic E-state index is 12.6. The maximum Gasteiger partial charge on any atom is 0.262 e. The van der Waals surface area contributed by atoms with E-state index in [2.05, 4.69) is 16.4 Å². The summed E-state index contributed by atoms with van der Waals surface area (Å²) in [7, 11) is 0. The fraction of sp³-hybridized carbons (Fsp3) is 0.217. The predicted octanol–water partition coefficient (Wildman–Crippen LogP) is 3.90. The average molecular weight is 383 g/mol. The molecule has 0 bridgehead atoms. The Labute approximate surface area is 169 Å². The molecule has 0 aliphatic heterocycles. The predicted molar refractivity (Wildman–Crippen MR) is 111 cm³/mol. The van der Waals surface area contributed by atoms with Gasteiger partial charge in [0.05, 0.1) is 5.69 Å². The Morgan fingerprint density at radius 3 is 2.55 bits per heavy atom. The number of nitrogens with one attached hydrogen (secondary N) is 1. The zero-order chi connectivity index (χ0) is 20.1. The summed E-state index contributed by atoms with van der Waals surface area (Å²) in [6.45, 7) is 0. The lowest BCUT2D eigenvalue weighted by molar-refractivity contribution is -0.117. The number of nitriles is 1. The van der Waals surface area contributed by atoms with Crippen LogP contribution in [0.25, 0.3) is 23.0 Å². The second kappa shape index (κ2) is 8.53. The maximum absolute atomic E-state index is 12.6. The molecule has 1 amide bonds. The number of pyridine rings is 1. The van der Waals surface area contributed by atoms with Gasteiger partial charge < -0.3 is 5.32 Å². The molecule has 1 aliphatic carbocycles. The molecule has 0 saturated heterocycles. The monoisotopic (exact) mass is 383 g/mol. The number of nitrogens with zero attached hydrogens (tertiary/aromatic N) is 4. The summed E-state index contributed by atoms with van der Waals surface area (Å²) >= 11 is 0. The van der Waals surface area contributed by atoms with Crippen molar-refractivity contribution in [1.29, 1.82) is 5.26 Å². The number of aromatic nitrogens is 3. The molecule has 2 aromatic heterocycles. The molecule has 1 saturated carbocycles. The van der Waals surface area contributed by atoms with Crippen LogP contribution in [0.5, 0.6) is 0 Å². The van der Waals surface area contributed by atoms with E-state index in [0.717, 1.165) is 36.9 Å². The molecule has 0 unspecified atom stereocenters. The van der Waals surface area contributed by atoms with Crippen LogP contribution in [-0.4, -0.2) is 26.7 Å². The van der Waals surface area contributed by atoms with E-state index >= 15 is 0 Å². The lowest BCUT2D eigenvalue weighted by Crippen LogP contribution is -2.33. The van der Waals surface area contributed by atoms with Gasteiger partial charge in [-0.2, -0.15) is 10.4 Å². The lowest BCUT2D eigenvalue weighted by Gasteiger charge is -2.10. The van der Waals surface area contributed by atoms with E-state index in [-0.39, 0.29) is 17.5 Å². The van der Waals surface area contributed by atoms with Crippen LogP contribution in [0, 0.1) is 11.3 Å². The number of carbonyl (C=O) groups excluding carboxylic acids is 1. The first-order chi connectivity index (χ1) is 14.2. The molecule has 3 aromatic rings. The van der Waals surface area contributed by atoms with Gasteiger partial charge in [-0.1, -0.05) is 31.0 Å². The highest BCUT2D eigenvalue weighted by Crippen LogP contribution is 2.25. The molecule has 1 aliphatic rings. The summed E-state index contributed by atoms with van der Waals surface area (Å²) in [5.74, 6) is -0.326.